The molecule has 0 bridgehead atoms. The second kappa shape index (κ2) is 7.08. The van der Waals surface area contributed by atoms with E-state index >= 15 is 0 Å². The molecule has 0 spiro atoms. The predicted molar refractivity (Wildman–Crippen MR) is 94.0 cm³/mol. The van der Waals surface area contributed by atoms with Gasteiger partial charge in [-0.25, -0.2) is 0 Å². The van der Waals surface area contributed by atoms with Crippen LogP contribution in [0.25, 0.3) is 0 Å². The third-order valence-corrected chi connectivity index (χ3v) is 5.83. The minimum absolute atomic E-state index is 0.141. The molecule has 2 aliphatic carbocycles. The second-order valence-corrected chi connectivity index (χ2v) is 7.83. The SMILES string of the molecule is CC(C)=CCC/C(C)=C/CCC1=CCC2C(C1)C1C(=O)OC(=O)C21. The zero-order valence-electron chi connectivity index (χ0n) is 15.0. The third-order valence-electron chi connectivity index (χ3n) is 5.83. The molecule has 1 saturated carbocycles. The molecule has 24 heavy (non-hydrogen) atoms. The first-order valence-corrected chi connectivity index (χ1v) is 9.20. The van der Waals surface area contributed by atoms with E-state index in [0.29, 0.717) is 11.8 Å². The lowest BCUT2D eigenvalue weighted by molar-refractivity contribution is -0.153. The van der Waals surface area contributed by atoms with Gasteiger partial charge in [0, 0.05) is 0 Å². The molecule has 4 unspecified atom stereocenters. The van der Waals surface area contributed by atoms with Gasteiger partial charge in [-0.1, -0.05) is 34.9 Å². The fraction of sp³-hybridized carbons (Fsp3) is 0.619. The second-order valence-electron chi connectivity index (χ2n) is 7.83. The van der Waals surface area contributed by atoms with Gasteiger partial charge in [-0.2, -0.15) is 0 Å². The monoisotopic (exact) mass is 328 g/mol. The maximum absolute atomic E-state index is 11.8. The first kappa shape index (κ1) is 17.2. The minimum atomic E-state index is -0.280. The van der Waals surface area contributed by atoms with Gasteiger partial charge in [-0.3, -0.25) is 9.59 Å². The van der Waals surface area contributed by atoms with E-state index in [9.17, 15) is 9.59 Å². The molecule has 3 heteroatoms. The van der Waals surface area contributed by atoms with Crippen molar-refractivity contribution in [3.8, 4) is 0 Å². The number of hydrogen-bond donors (Lipinski definition) is 0. The van der Waals surface area contributed by atoms with Crippen molar-refractivity contribution in [2.24, 2.45) is 23.7 Å². The largest absolute Gasteiger partial charge is 0.393 e. The first-order chi connectivity index (χ1) is 11.5. The zero-order valence-corrected chi connectivity index (χ0v) is 15.0. The normalized spacial score (nSPS) is 31.6. The Balaban J connectivity index is 1.47. The van der Waals surface area contributed by atoms with Crippen LogP contribution in [0, 0.1) is 23.7 Å². The minimum Gasteiger partial charge on any atom is -0.393 e. The molecule has 4 atom stereocenters. The summed E-state index contributed by atoms with van der Waals surface area (Å²) in [7, 11) is 0. The van der Waals surface area contributed by atoms with Crippen LogP contribution in [-0.4, -0.2) is 11.9 Å². The summed E-state index contributed by atoms with van der Waals surface area (Å²) >= 11 is 0. The van der Waals surface area contributed by atoms with E-state index in [4.69, 9.17) is 4.74 Å². The van der Waals surface area contributed by atoms with Crippen molar-refractivity contribution in [1.29, 1.82) is 0 Å². The number of ether oxygens (including phenoxy) is 1. The maximum Gasteiger partial charge on any atom is 0.317 e. The zero-order chi connectivity index (χ0) is 17.3. The molecule has 1 saturated heterocycles. The van der Waals surface area contributed by atoms with Crippen molar-refractivity contribution in [3.63, 3.8) is 0 Å². The molecule has 130 valence electrons. The summed E-state index contributed by atoms with van der Waals surface area (Å²) in [4.78, 5) is 23.5. The Morgan fingerprint density at radius 1 is 1.08 bits per heavy atom. The van der Waals surface area contributed by atoms with Crippen molar-refractivity contribution in [1.82, 2.24) is 0 Å². The Kier molecular flexibility index (Phi) is 5.07. The Labute approximate surface area is 144 Å². The molecule has 3 aliphatic rings. The lowest BCUT2D eigenvalue weighted by Crippen LogP contribution is -2.49. The molecule has 1 aliphatic heterocycles. The third kappa shape index (κ3) is 3.40. The highest BCUT2D eigenvalue weighted by Crippen LogP contribution is 2.57. The molecule has 0 N–H and O–H groups in total. The molecule has 3 rings (SSSR count). The van der Waals surface area contributed by atoms with E-state index in [-0.39, 0.29) is 23.8 Å². The van der Waals surface area contributed by atoms with Gasteiger partial charge in [0.25, 0.3) is 0 Å². The van der Waals surface area contributed by atoms with Gasteiger partial charge in [0.15, 0.2) is 0 Å². The van der Waals surface area contributed by atoms with Gasteiger partial charge in [0.05, 0.1) is 11.8 Å². The van der Waals surface area contributed by atoms with Crippen molar-refractivity contribution in [3.05, 3.63) is 34.9 Å². The van der Waals surface area contributed by atoms with Crippen molar-refractivity contribution in [2.45, 2.75) is 59.3 Å². The standard InChI is InChI=1S/C21H28O3/c1-13(2)6-4-7-14(3)8-5-9-15-10-11-16-17(12-15)19-18(16)20(22)24-21(19)23/h6,8,10,16-19H,4-5,7,9,11-12H2,1-3H3/b14-8+. The number of fused-ring (bicyclic) bond motifs is 4. The number of carbonyl (C=O) groups is 2. The smallest absolute Gasteiger partial charge is 0.317 e. The summed E-state index contributed by atoms with van der Waals surface area (Å²) in [5.74, 6) is -0.152. The van der Waals surface area contributed by atoms with E-state index in [1.54, 1.807) is 0 Å². The van der Waals surface area contributed by atoms with Gasteiger partial charge >= 0.3 is 11.9 Å². The quantitative estimate of drug-likeness (QED) is 0.402. The number of carbonyl (C=O) groups excluding carboxylic acids is 2. The molecular weight excluding hydrogens is 300 g/mol. The summed E-state index contributed by atoms with van der Waals surface area (Å²) in [6, 6.07) is 0. The number of cyclic esters (lactones) is 2. The summed E-state index contributed by atoms with van der Waals surface area (Å²) in [5.41, 5.74) is 4.29. The lowest BCUT2D eigenvalue weighted by Gasteiger charge is -2.47. The van der Waals surface area contributed by atoms with Gasteiger partial charge in [0.1, 0.15) is 0 Å². The van der Waals surface area contributed by atoms with Crippen molar-refractivity contribution in [2.75, 3.05) is 0 Å². The van der Waals surface area contributed by atoms with Gasteiger partial charge < -0.3 is 4.74 Å². The van der Waals surface area contributed by atoms with Crippen LogP contribution in [0.5, 0.6) is 0 Å². The fourth-order valence-electron chi connectivity index (χ4n) is 4.49. The molecule has 0 aromatic carbocycles. The van der Waals surface area contributed by atoms with E-state index in [1.807, 2.05) is 0 Å². The molecule has 0 aromatic rings. The Morgan fingerprint density at radius 2 is 1.79 bits per heavy atom. The van der Waals surface area contributed by atoms with Gasteiger partial charge in [0.2, 0.25) is 0 Å². The summed E-state index contributed by atoms with van der Waals surface area (Å²) in [6.45, 7) is 6.49. The summed E-state index contributed by atoms with van der Waals surface area (Å²) < 4.78 is 4.83. The van der Waals surface area contributed by atoms with E-state index < -0.39 is 0 Å². The Morgan fingerprint density at radius 3 is 2.50 bits per heavy atom. The maximum atomic E-state index is 11.8. The number of esters is 2. The summed E-state index contributed by atoms with van der Waals surface area (Å²) in [6.07, 6.45) is 13.2. The molecule has 0 aromatic heterocycles. The number of allylic oxidation sites excluding steroid dienone is 6. The van der Waals surface area contributed by atoms with Crippen LogP contribution >= 0.6 is 0 Å². The van der Waals surface area contributed by atoms with Gasteiger partial charge in [-0.15, -0.1) is 0 Å². The lowest BCUT2D eigenvalue weighted by atomic mass is 9.53. The molecule has 2 fully saturated rings. The van der Waals surface area contributed by atoms with Crippen LogP contribution < -0.4 is 0 Å². The molecular formula is C21H28O3. The van der Waals surface area contributed by atoms with E-state index in [0.717, 1.165) is 38.5 Å². The highest BCUT2D eigenvalue weighted by molar-refractivity contribution is 5.98. The fourth-order valence-corrected chi connectivity index (χ4v) is 4.49. The molecule has 0 amide bonds. The Hall–Kier alpha value is -1.64. The number of rotatable bonds is 6. The average Bonchev–Trinajstić information content (AvgIpc) is 2.74. The van der Waals surface area contributed by atoms with Crippen molar-refractivity contribution < 1.29 is 14.3 Å². The molecule has 1 heterocycles. The molecule has 0 radical (unpaired) electrons. The van der Waals surface area contributed by atoms with Crippen LogP contribution in [0.4, 0.5) is 0 Å². The van der Waals surface area contributed by atoms with E-state index in [1.165, 1.54) is 16.7 Å². The van der Waals surface area contributed by atoms with Crippen LogP contribution in [0.2, 0.25) is 0 Å². The van der Waals surface area contributed by atoms with Crippen LogP contribution in [0.3, 0.4) is 0 Å². The van der Waals surface area contributed by atoms with E-state index in [2.05, 4.69) is 39.0 Å². The van der Waals surface area contributed by atoms with Crippen LogP contribution in [-0.2, 0) is 14.3 Å². The predicted octanol–water partition coefficient (Wildman–Crippen LogP) is 4.74. The average molecular weight is 328 g/mol. The first-order valence-electron chi connectivity index (χ1n) is 9.20. The Bertz CT molecular complexity index is 619. The highest BCUT2D eigenvalue weighted by atomic mass is 16.6. The molecule has 3 nitrogen and oxygen atoms in total. The van der Waals surface area contributed by atoms with Gasteiger partial charge in [-0.05, 0) is 71.1 Å². The van der Waals surface area contributed by atoms with Crippen LogP contribution in [0.1, 0.15) is 59.3 Å². The summed E-state index contributed by atoms with van der Waals surface area (Å²) in [5, 5.41) is 0. The van der Waals surface area contributed by atoms with Crippen molar-refractivity contribution >= 4 is 11.9 Å². The number of hydrogen-bond acceptors (Lipinski definition) is 3. The highest BCUT2D eigenvalue weighted by Gasteiger charge is 2.63. The van der Waals surface area contributed by atoms with Crippen LogP contribution in [0.15, 0.2) is 34.9 Å². The topological polar surface area (TPSA) is 43.4 Å².